The smallest absolute Gasteiger partial charge is 0.407 e. The van der Waals surface area contributed by atoms with Crippen molar-refractivity contribution in [3.8, 4) is 0 Å². The van der Waals surface area contributed by atoms with Crippen LogP contribution >= 0.6 is 0 Å². The average molecular weight is 556 g/mol. The van der Waals surface area contributed by atoms with Crippen LogP contribution in [0.2, 0.25) is 0 Å². The molecule has 0 aromatic heterocycles. The van der Waals surface area contributed by atoms with Gasteiger partial charge in [-0.15, -0.1) is 0 Å². The van der Waals surface area contributed by atoms with E-state index in [-0.39, 0.29) is 33.0 Å². The van der Waals surface area contributed by atoms with Crippen LogP contribution < -0.4 is 5.32 Å². The number of amides is 1. The van der Waals surface area contributed by atoms with Crippen LogP contribution in [-0.2, 0) is 52.2 Å². The molecule has 0 spiro atoms. The van der Waals surface area contributed by atoms with Gasteiger partial charge in [-0.1, -0.05) is 6.58 Å². The second-order valence-corrected chi connectivity index (χ2v) is 7.06. The van der Waals surface area contributed by atoms with Gasteiger partial charge in [-0.25, -0.2) is 9.59 Å². The Balaban J connectivity index is 3.12. The Kier molecular flexibility index (Phi) is 29.8. The Morgan fingerprint density at radius 1 is 0.526 bits per heavy atom. The summed E-state index contributed by atoms with van der Waals surface area (Å²) in [5.74, 6) is -0.551. The van der Waals surface area contributed by atoms with Gasteiger partial charge >= 0.3 is 12.1 Å². The van der Waals surface area contributed by atoms with Gasteiger partial charge < -0.3 is 57.8 Å². The number of hydrogen-bond acceptors (Lipinski definition) is 13. The Labute approximate surface area is 224 Å². The molecule has 0 unspecified atom stereocenters. The van der Waals surface area contributed by atoms with Crippen LogP contribution in [0.4, 0.5) is 4.79 Å². The molecule has 0 radical (unpaired) electrons. The minimum atomic E-state index is -0.616. The van der Waals surface area contributed by atoms with E-state index in [1.165, 1.54) is 0 Å². The molecule has 0 saturated carbocycles. The fraction of sp³-hybridized carbons (Fsp3) is 0.833. The number of ether oxygens (including phenoxy) is 10. The maximum Gasteiger partial charge on any atom is 0.407 e. The van der Waals surface area contributed by atoms with Crippen LogP contribution in [0.15, 0.2) is 12.7 Å². The fourth-order valence-electron chi connectivity index (χ4n) is 2.31. The maximum absolute atomic E-state index is 11.4. The lowest BCUT2D eigenvalue weighted by molar-refractivity contribution is -0.137. The molecule has 0 aliphatic rings. The molecule has 14 nitrogen and oxygen atoms in total. The first-order valence-electron chi connectivity index (χ1n) is 12.6. The van der Waals surface area contributed by atoms with Crippen molar-refractivity contribution in [1.29, 1.82) is 0 Å². The molecule has 0 bridgehead atoms. The first-order valence-corrected chi connectivity index (χ1v) is 12.6. The molecule has 38 heavy (non-hydrogen) atoms. The number of aliphatic hydroxyl groups excluding tert-OH is 1. The minimum Gasteiger partial charge on any atom is -0.461 e. The maximum atomic E-state index is 11.4. The van der Waals surface area contributed by atoms with E-state index in [9.17, 15) is 9.59 Å². The molecule has 0 fully saturated rings. The normalized spacial score (nSPS) is 10.9. The predicted molar refractivity (Wildman–Crippen MR) is 134 cm³/mol. The molecular weight excluding hydrogens is 510 g/mol. The lowest BCUT2D eigenvalue weighted by Crippen LogP contribution is -2.29. The summed E-state index contributed by atoms with van der Waals surface area (Å²) in [6.07, 6.45) is 0.429. The van der Waals surface area contributed by atoms with Crippen molar-refractivity contribution in [2.75, 3.05) is 132 Å². The first-order chi connectivity index (χ1) is 18.7. The number of carbonyl (C=O) groups is 2. The Morgan fingerprint density at radius 2 is 0.868 bits per heavy atom. The zero-order valence-corrected chi connectivity index (χ0v) is 22.3. The largest absolute Gasteiger partial charge is 0.461 e. The molecule has 0 atom stereocenters. The van der Waals surface area contributed by atoms with Crippen molar-refractivity contribution in [3.63, 3.8) is 0 Å². The Morgan fingerprint density at radius 3 is 1.21 bits per heavy atom. The third-order valence-corrected chi connectivity index (χ3v) is 4.08. The molecule has 0 rings (SSSR count). The zero-order valence-electron chi connectivity index (χ0n) is 22.3. The van der Waals surface area contributed by atoms with Gasteiger partial charge in [0.1, 0.15) is 13.2 Å². The molecular formula is C24H45NO13. The number of esters is 1. The van der Waals surface area contributed by atoms with Crippen LogP contribution in [0, 0.1) is 0 Å². The lowest BCUT2D eigenvalue weighted by atomic mass is 10.6. The summed E-state index contributed by atoms with van der Waals surface area (Å²) in [6, 6.07) is 0. The number of alkyl carbamates (subject to hydrolysis) is 1. The van der Waals surface area contributed by atoms with Gasteiger partial charge in [0.2, 0.25) is 0 Å². The van der Waals surface area contributed by atoms with Gasteiger partial charge in [0.15, 0.2) is 0 Å². The number of carbonyl (C=O) groups excluding carboxylic acids is 2. The fourth-order valence-corrected chi connectivity index (χ4v) is 2.31. The highest BCUT2D eigenvalue weighted by molar-refractivity contribution is 5.81. The molecule has 14 heteroatoms. The van der Waals surface area contributed by atoms with Crippen molar-refractivity contribution in [2.45, 2.75) is 0 Å². The SMILES string of the molecule is C=CC(=O)OCCNC(=O)OCCOCCOCCOCCOCCOCCOCCOCCOCCO. The monoisotopic (exact) mass is 555 g/mol. The summed E-state index contributed by atoms with van der Waals surface area (Å²) < 4.78 is 52.2. The van der Waals surface area contributed by atoms with E-state index in [1.807, 2.05) is 0 Å². The molecule has 0 aromatic rings. The summed E-state index contributed by atoms with van der Waals surface area (Å²) in [5, 5.41) is 11.0. The number of nitrogens with one attached hydrogen (secondary N) is 1. The highest BCUT2D eigenvalue weighted by Crippen LogP contribution is 1.87. The molecule has 224 valence electrons. The van der Waals surface area contributed by atoms with Crippen molar-refractivity contribution in [3.05, 3.63) is 12.7 Å². The van der Waals surface area contributed by atoms with E-state index < -0.39 is 12.1 Å². The second-order valence-electron chi connectivity index (χ2n) is 7.06. The molecule has 1 amide bonds. The van der Waals surface area contributed by atoms with Crippen LogP contribution in [0.25, 0.3) is 0 Å². The topological polar surface area (TPSA) is 159 Å². The first kappa shape index (κ1) is 36.1. The van der Waals surface area contributed by atoms with Crippen LogP contribution in [0.1, 0.15) is 0 Å². The van der Waals surface area contributed by atoms with Crippen molar-refractivity contribution in [1.82, 2.24) is 5.32 Å². The van der Waals surface area contributed by atoms with E-state index in [0.717, 1.165) is 6.08 Å². The van der Waals surface area contributed by atoms with E-state index in [0.29, 0.717) is 99.1 Å². The minimum absolute atomic E-state index is 0.0164. The highest BCUT2D eigenvalue weighted by Gasteiger charge is 2.02. The van der Waals surface area contributed by atoms with Gasteiger partial charge in [-0.05, 0) is 0 Å². The molecule has 0 heterocycles. The van der Waals surface area contributed by atoms with E-state index >= 15 is 0 Å². The van der Waals surface area contributed by atoms with Gasteiger partial charge in [0.05, 0.1) is 119 Å². The van der Waals surface area contributed by atoms with Crippen molar-refractivity contribution < 1.29 is 62.1 Å². The number of rotatable bonds is 30. The summed E-state index contributed by atoms with van der Waals surface area (Å²) in [5.41, 5.74) is 0. The molecule has 0 aliphatic heterocycles. The van der Waals surface area contributed by atoms with Gasteiger partial charge in [0.25, 0.3) is 0 Å². The highest BCUT2D eigenvalue weighted by atomic mass is 16.6. The van der Waals surface area contributed by atoms with E-state index in [4.69, 9.17) is 52.5 Å². The van der Waals surface area contributed by atoms with Crippen molar-refractivity contribution in [2.24, 2.45) is 0 Å². The van der Waals surface area contributed by atoms with Crippen LogP contribution in [0.3, 0.4) is 0 Å². The predicted octanol–water partition coefficient (Wildman–Crippen LogP) is -0.433. The van der Waals surface area contributed by atoms with Gasteiger partial charge in [-0.3, -0.25) is 0 Å². The third-order valence-electron chi connectivity index (χ3n) is 4.08. The molecule has 0 aliphatic carbocycles. The van der Waals surface area contributed by atoms with E-state index in [1.54, 1.807) is 0 Å². The average Bonchev–Trinajstić information content (AvgIpc) is 2.92. The Bertz CT molecular complexity index is 539. The molecule has 0 aromatic carbocycles. The molecule has 2 N–H and O–H groups in total. The summed E-state index contributed by atoms with van der Waals surface area (Å²) in [6.45, 7) is 10.6. The number of aliphatic hydroxyl groups is 1. The van der Waals surface area contributed by atoms with Crippen molar-refractivity contribution >= 4 is 12.1 Å². The number of hydrogen-bond donors (Lipinski definition) is 2. The standard InChI is InChI=1S/C24H45NO13/c1-2-23(27)37-5-3-25-24(28)38-22-21-36-20-19-35-18-17-34-16-15-33-14-13-32-12-11-31-10-9-30-8-7-29-6-4-26/h2,26H,1,3-22H2,(H,25,28). The van der Waals surface area contributed by atoms with Gasteiger partial charge in [0, 0.05) is 6.08 Å². The molecule has 0 saturated heterocycles. The van der Waals surface area contributed by atoms with E-state index in [2.05, 4.69) is 11.9 Å². The quantitative estimate of drug-likeness (QED) is 0.0668. The third kappa shape index (κ3) is 30.3. The van der Waals surface area contributed by atoms with Gasteiger partial charge in [-0.2, -0.15) is 0 Å². The summed E-state index contributed by atoms with van der Waals surface area (Å²) in [7, 11) is 0. The van der Waals surface area contributed by atoms with Crippen LogP contribution in [0.5, 0.6) is 0 Å². The summed E-state index contributed by atoms with van der Waals surface area (Å²) in [4.78, 5) is 22.2. The summed E-state index contributed by atoms with van der Waals surface area (Å²) >= 11 is 0. The zero-order chi connectivity index (χ0) is 27.8. The second kappa shape index (κ2) is 31.3. The van der Waals surface area contributed by atoms with Crippen LogP contribution in [-0.4, -0.2) is 149 Å². The Hall–Kier alpha value is -1.88. The lowest BCUT2D eigenvalue weighted by Gasteiger charge is -2.09.